The van der Waals surface area contributed by atoms with Crippen molar-refractivity contribution in [3.05, 3.63) is 54.3 Å². The molecule has 0 aliphatic carbocycles. The zero-order valence-electron chi connectivity index (χ0n) is 11.0. The first-order chi connectivity index (χ1) is 8.67. The molecule has 0 fully saturated rings. The lowest BCUT2D eigenvalue weighted by molar-refractivity contribution is 0.202. The number of alkyl halides is 1. The van der Waals surface area contributed by atoms with Gasteiger partial charge in [-0.3, -0.25) is 0 Å². The van der Waals surface area contributed by atoms with E-state index in [2.05, 4.69) is 60.3 Å². The van der Waals surface area contributed by atoms with E-state index in [1.165, 1.54) is 11.1 Å². The molecule has 1 nitrogen and oxygen atoms in total. The van der Waals surface area contributed by atoms with Crippen LogP contribution in [0, 0.1) is 0 Å². The van der Waals surface area contributed by atoms with Crippen LogP contribution in [0.2, 0.25) is 0 Å². The minimum absolute atomic E-state index is 0.753. The highest BCUT2D eigenvalue weighted by Gasteiger charge is 1.98. The van der Waals surface area contributed by atoms with E-state index < -0.39 is 0 Å². The van der Waals surface area contributed by atoms with Gasteiger partial charge in [0.1, 0.15) is 0 Å². The van der Waals surface area contributed by atoms with Gasteiger partial charge < -0.3 is 4.74 Å². The lowest BCUT2D eigenvalue weighted by Gasteiger charge is -2.07. The zero-order valence-corrected chi connectivity index (χ0v) is 12.6. The molecule has 0 N–H and O–H groups in total. The molecule has 0 spiro atoms. The second-order valence-corrected chi connectivity index (χ2v) is 4.84. The quantitative estimate of drug-likeness (QED) is 0.374. The molecular formula is C16H21BrO. The fourth-order valence-corrected chi connectivity index (χ4v) is 1.90. The van der Waals surface area contributed by atoms with E-state index in [1.54, 1.807) is 0 Å². The van der Waals surface area contributed by atoms with Gasteiger partial charge in [0.25, 0.3) is 0 Å². The third-order valence-electron chi connectivity index (χ3n) is 2.83. The summed E-state index contributed by atoms with van der Waals surface area (Å²) in [7, 11) is 0. The van der Waals surface area contributed by atoms with Crippen molar-refractivity contribution < 1.29 is 4.74 Å². The molecule has 18 heavy (non-hydrogen) atoms. The fraction of sp³-hybridized carbons (Fsp3) is 0.375. The third-order valence-corrected chi connectivity index (χ3v) is 3.51. The standard InChI is InChI=1S/C16H21BrO/c1-4-14(3)18-11-5-6-15-7-9-16(10-8-15)13(2)12-17/h7-10H,2-6,11-12H2,1H3. The van der Waals surface area contributed by atoms with Crippen molar-refractivity contribution >= 4 is 21.5 Å². The van der Waals surface area contributed by atoms with Gasteiger partial charge in [0.05, 0.1) is 12.4 Å². The molecule has 0 aliphatic heterocycles. The normalized spacial score (nSPS) is 10.1. The molecule has 1 aromatic rings. The molecule has 0 saturated carbocycles. The van der Waals surface area contributed by atoms with E-state index in [0.717, 1.165) is 42.5 Å². The number of rotatable bonds is 8. The first-order valence-corrected chi connectivity index (χ1v) is 7.43. The summed E-state index contributed by atoms with van der Waals surface area (Å²) in [6, 6.07) is 8.59. The Hall–Kier alpha value is -1.02. The van der Waals surface area contributed by atoms with Crippen LogP contribution in [0.4, 0.5) is 0 Å². The molecule has 0 aromatic heterocycles. The van der Waals surface area contributed by atoms with Crippen LogP contribution in [0.1, 0.15) is 30.9 Å². The van der Waals surface area contributed by atoms with Crippen LogP contribution in [0.25, 0.3) is 5.57 Å². The maximum absolute atomic E-state index is 5.48. The highest BCUT2D eigenvalue weighted by molar-refractivity contribution is 9.09. The number of hydrogen-bond donors (Lipinski definition) is 0. The van der Waals surface area contributed by atoms with E-state index in [-0.39, 0.29) is 0 Å². The average molecular weight is 309 g/mol. The maximum Gasteiger partial charge on any atom is 0.0885 e. The van der Waals surface area contributed by atoms with Gasteiger partial charge in [-0.2, -0.15) is 0 Å². The molecule has 0 bridgehead atoms. The van der Waals surface area contributed by atoms with Crippen molar-refractivity contribution in [3.63, 3.8) is 0 Å². The molecule has 2 heteroatoms. The van der Waals surface area contributed by atoms with E-state index in [9.17, 15) is 0 Å². The first-order valence-electron chi connectivity index (χ1n) is 6.31. The van der Waals surface area contributed by atoms with Crippen LogP contribution in [0.15, 0.2) is 43.2 Å². The smallest absolute Gasteiger partial charge is 0.0885 e. The molecule has 0 heterocycles. The van der Waals surface area contributed by atoms with Crippen LogP contribution in [-0.4, -0.2) is 11.9 Å². The van der Waals surface area contributed by atoms with Gasteiger partial charge in [-0.15, -0.1) is 0 Å². The highest BCUT2D eigenvalue weighted by Crippen LogP contribution is 2.16. The lowest BCUT2D eigenvalue weighted by atomic mass is 10.0. The SMILES string of the molecule is C=C(CC)OCCCc1ccc(C(=C)CBr)cc1. The van der Waals surface area contributed by atoms with Gasteiger partial charge in [-0.25, -0.2) is 0 Å². The van der Waals surface area contributed by atoms with Crippen LogP contribution < -0.4 is 0 Å². The number of allylic oxidation sites excluding steroid dienone is 2. The third kappa shape index (κ3) is 5.09. The minimum Gasteiger partial charge on any atom is -0.499 e. The molecule has 98 valence electrons. The molecular weight excluding hydrogens is 288 g/mol. The second-order valence-electron chi connectivity index (χ2n) is 4.28. The van der Waals surface area contributed by atoms with Crippen LogP contribution in [0.5, 0.6) is 0 Å². The van der Waals surface area contributed by atoms with Gasteiger partial charge in [0.15, 0.2) is 0 Å². The van der Waals surface area contributed by atoms with Crippen molar-refractivity contribution in [3.8, 4) is 0 Å². The zero-order chi connectivity index (χ0) is 13.4. The van der Waals surface area contributed by atoms with E-state index in [4.69, 9.17) is 4.74 Å². The first kappa shape index (κ1) is 15.0. The Balaban J connectivity index is 2.35. The Kier molecular flexibility index (Phi) is 6.81. The van der Waals surface area contributed by atoms with E-state index in [0.29, 0.717) is 0 Å². The molecule has 0 saturated heterocycles. The van der Waals surface area contributed by atoms with E-state index in [1.807, 2.05) is 0 Å². The van der Waals surface area contributed by atoms with Crippen LogP contribution in [-0.2, 0) is 11.2 Å². The largest absolute Gasteiger partial charge is 0.499 e. The van der Waals surface area contributed by atoms with E-state index >= 15 is 0 Å². The molecule has 0 radical (unpaired) electrons. The summed E-state index contributed by atoms with van der Waals surface area (Å²) in [4.78, 5) is 0. The Labute approximate surface area is 119 Å². The average Bonchev–Trinajstić information content (AvgIpc) is 2.43. The van der Waals surface area contributed by atoms with Gasteiger partial charge in [0, 0.05) is 11.8 Å². The number of aryl methyl sites for hydroxylation is 1. The number of ether oxygens (including phenoxy) is 1. The number of halogens is 1. The summed E-state index contributed by atoms with van der Waals surface area (Å²) in [5.41, 5.74) is 3.65. The summed E-state index contributed by atoms with van der Waals surface area (Å²) >= 11 is 3.42. The van der Waals surface area contributed by atoms with Gasteiger partial charge in [0.2, 0.25) is 0 Å². The Morgan fingerprint density at radius 1 is 1.22 bits per heavy atom. The summed E-state index contributed by atoms with van der Waals surface area (Å²) in [6.07, 6.45) is 2.96. The monoisotopic (exact) mass is 308 g/mol. The van der Waals surface area contributed by atoms with Crippen molar-refractivity contribution in [2.24, 2.45) is 0 Å². The summed E-state index contributed by atoms with van der Waals surface area (Å²) in [5.74, 6) is 0.874. The Bertz CT molecular complexity index is 392. The molecule has 0 aliphatic rings. The molecule has 0 unspecified atom stereocenters. The topological polar surface area (TPSA) is 9.23 Å². The van der Waals surface area contributed by atoms with Crippen molar-refractivity contribution in [2.75, 3.05) is 11.9 Å². The fourth-order valence-electron chi connectivity index (χ4n) is 1.58. The van der Waals surface area contributed by atoms with Crippen molar-refractivity contribution in [1.29, 1.82) is 0 Å². The van der Waals surface area contributed by atoms with Crippen molar-refractivity contribution in [2.45, 2.75) is 26.2 Å². The molecule has 1 aromatic carbocycles. The Morgan fingerprint density at radius 2 is 1.89 bits per heavy atom. The number of hydrogen-bond acceptors (Lipinski definition) is 1. The summed E-state index contributed by atoms with van der Waals surface area (Å²) < 4.78 is 5.48. The molecule has 0 amide bonds. The second kappa shape index (κ2) is 8.15. The molecule has 0 atom stereocenters. The maximum atomic E-state index is 5.48. The number of benzene rings is 1. The summed E-state index contributed by atoms with van der Waals surface area (Å²) in [6.45, 7) is 10.6. The van der Waals surface area contributed by atoms with Crippen LogP contribution in [0.3, 0.4) is 0 Å². The Morgan fingerprint density at radius 3 is 2.44 bits per heavy atom. The van der Waals surface area contributed by atoms with Crippen LogP contribution >= 0.6 is 15.9 Å². The minimum atomic E-state index is 0.753. The van der Waals surface area contributed by atoms with Gasteiger partial charge >= 0.3 is 0 Å². The molecule has 1 rings (SSSR count). The van der Waals surface area contributed by atoms with Gasteiger partial charge in [-0.1, -0.05) is 60.3 Å². The predicted molar refractivity (Wildman–Crippen MR) is 83.0 cm³/mol. The summed E-state index contributed by atoms with van der Waals surface area (Å²) in [5, 5.41) is 0.819. The van der Waals surface area contributed by atoms with Gasteiger partial charge in [-0.05, 0) is 29.5 Å². The lowest BCUT2D eigenvalue weighted by Crippen LogP contribution is -1.96. The predicted octanol–water partition coefficient (Wildman–Crippen LogP) is 4.97. The van der Waals surface area contributed by atoms with Crippen molar-refractivity contribution in [1.82, 2.24) is 0 Å². The highest BCUT2D eigenvalue weighted by atomic mass is 79.9.